The number of likely N-dealkylation sites (N-methyl/N-ethyl adjacent to an activating group) is 2. The van der Waals surface area contributed by atoms with Gasteiger partial charge in [0.1, 0.15) is 94.9 Å². The highest BCUT2D eigenvalue weighted by Gasteiger charge is 2.48. The van der Waals surface area contributed by atoms with E-state index in [1.54, 1.807) is 6.92 Å². The number of carbonyl (C=O) groups excluding carboxylic acids is 14. The number of nitrogens with zero attached hydrogens (tertiary/aromatic N) is 3. The highest BCUT2D eigenvalue weighted by Crippen LogP contribution is 2.32. The molecule has 9 rings (SSSR count). The number of benzene rings is 4. The number of nitrogens with one attached hydrogen (secondary N) is 12. The second-order valence-corrected chi connectivity index (χ2v) is 39.0. The normalized spacial score (nSPS) is 24.1. The van der Waals surface area contributed by atoms with Gasteiger partial charge in [-0.2, -0.15) is 0 Å². The van der Waals surface area contributed by atoms with Gasteiger partial charge in [0.25, 0.3) is 0 Å². The van der Waals surface area contributed by atoms with Gasteiger partial charge in [-0.3, -0.25) is 86.4 Å². The molecular formula is C98H135FN16O24S. The van der Waals surface area contributed by atoms with Crippen LogP contribution < -0.4 is 69.5 Å². The lowest BCUT2D eigenvalue weighted by Crippen LogP contribution is -2.68. The maximum absolute atomic E-state index is 16.1. The number of carboxylic acid groups (broad SMARTS) is 4. The molecule has 11 atom stereocenters. The fraction of sp³-hybridized carbons (Fsp3) is 0.571. The third-order valence-electron chi connectivity index (χ3n) is 26.8. The van der Waals surface area contributed by atoms with Crippen LogP contribution in [0.5, 0.6) is 11.5 Å². The lowest BCUT2D eigenvalue weighted by molar-refractivity contribution is -0.149. The molecule has 140 heavy (non-hydrogen) atoms. The summed E-state index contributed by atoms with van der Waals surface area (Å²) in [6.45, 7) is 4.50. The van der Waals surface area contributed by atoms with E-state index in [2.05, 4.69) is 63.8 Å². The fourth-order valence-corrected chi connectivity index (χ4v) is 19.4. The minimum Gasteiger partial charge on any atom is -0.508 e. The van der Waals surface area contributed by atoms with Crippen LogP contribution >= 0.6 is 11.8 Å². The Labute approximate surface area is 816 Å². The number of primary amides is 1. The van der Waals surface area contributed by atoms with Gasteiger partial charge in [-0.25, -0.2) is 9.18 Å². The zero-order valence-electron chi connectivity index (χ0n) is 79.8. The van der Waals surface area contributed by atoms with Crippen molar-refractivity contribution in [2.24, 2.45) is 23.5 Å². The number of nitrogens with two attached hydrogens (primary N) is 1. The Bertz CT molecular complexity index is 4990. The summed E-state index contributed by atoms with van der Waals surface area (Å²) in [6, 6.07) is 2.89. The first-order valence-electron chi connectivity index (χ1n) is 48.1. The van der Waals surface area contributed by atoms with Crippen LogP contribution in [0.4, 0.5) is 4.39 Å². The number of carbonyl (C=O) groups is 18. The standard InChI is InChI=1S/C98H135FN16O24S/c1-6-7-18-77-92(134)111-97(2,3)95(138)109-73(48-58-16-12-9-13-17-58)88(130)107-75(52-60-21-29-65(99)30-22-60)91(133)112-98(41-45-115(46-42-98)54-82(123)124)96(139)110-74(51-62-25-33-67(117)34-26-62)89(131)106-71(50-61-23-31-66(116)32-24-61)85(127)104-70(49-59-19-27-64(28-20-59)94(136)137)84(126)105-72(53-63-39-43-101-44-40-63)86(128)103-69(47-57-14-10-8-11-15-57)87(129)108-76(90(132)102-68(83(100)125)35-37-80(119)120)55-140-56-79(118)113(4)78(36-38-81(121)122)93(135)114(77)5/h19-34,57-58,63,68-78,101,116-117H,6-18,35-56H2,1-5H3,(H2,100,125)(H,102,132)(H,103,128)(H,104,127)(H,105,126)(H,106,131)(H,107,130)(H,108,129)(H,109,138)(H,110,139)(H,111,134)(H,112,133)(H,119,120)(H,121,122)(H,123,124)(H,136,137)/t68-,69+,70+,71+,72+,73+,74+,75+,76+,77+,78+/m1/s1. The number of piperidine rings is 2. The van der Waals surface area contributed by atoms with Crippen molar-refractivity contribution < 1.29 is 121 Å². The Morgan fingerprint density at radius 1 is 0.486 bits per heavy atom. The zero-order chi connectivity index (χ0) is 102. The number of aliphatic carboxylic acids is 3. The number of carboxylic acids is 4. The van der Waals surface area contributed by atoms with Crippen LogP contribution in [0.25, 0.3) is 0 Å². The van der Waals surface area contributed by atoms with Crippen LogP contribution in [0.3, 0.4) is 0 Å². The van der Waals surface area contributed by atoms with Crippen LogP contribution in [-0.2, 0) is 107 Å². The maximum atomic E-state index is 16.1. The van der Waals surface area contributed by atoms with Gasteiger partial charge in [0.15, 0.2) is 0 Å². The molecule has 5 fully saturated rings. The second kappa shape index (κ2) is 53.5. The van der Waals surface area contributed by atoms with E-state index in [0.29, 0.717) is 80.9 Å². The molecule has 3 saturated heterocycles. The summed E-state index contributed by atoms with van der Waals surface area (Å²) in [7, 11) is 2.46. The number of hydrogen-bond acceptors (Lipinski definition) is 23. The number of phenols is 2. The van der Waals surface area contributed by atoms with Gasteiger partial charge in [-0.15, -0.1) is 11.8 Å². The van der Waals surface area contributed by atoms with Crippen molar-refractivity contribution >= 4 is 118 Å². The number of unbranched alkanes of at least 4 members (excludes halogenated alkanes) is 1. The van der Waals surface area contributed by atoms with Gasteiger partial charge in [0, 0.05) is 71.5 Å². The highest BCUT2D eigenvalue weighted by atomic mass is 32.2. The largest absolute Gasteiger partial charge is 0.508 e. The number of aromatic carboxylic acids is 1. The monoisotopic (exact) mass is 1970 g/mol. The van der Waals surface area contributed by atoms with E-state index in [4.69, 9.17) is 5.73 Å². The van der Waals surface area contributed by atoms with Gasteiger partial charge in [-0.05, 0) is 180 Å². The first-order valence-corrected chi connectivity index (χ1v) is 49.2. The highest BCUT2D eigenvalue weighted by molar-refractivity contribution is 8.00. The second-order valence-electron chi connectivity index (χ2n) is 37.9. The summed E-state index contributed by atoms with van der Waals surface area (Å²) in [5.41, 5.74) is 2.57. The molecule has 40 nitrogen and oxygen atoms in total. The van der Waals surface area contributed by atoms with E-state index in [-0.39, 0.29) is 104 Å². The molecule has 5 aliphatic rings. The first-order chi connectivity index (χ1) is 66.6. The van der Waals surface area contributed by atoms with Crippen molar-refractivity contribution in [3.63, 3.8) is 0 Å². The van der Waals surface area contributed by atoms with Crippen molar-refractivity contribution in [3.05, 3.63) is 131 Å². The molecule has 14 amide bonds. The number of thioether (sulfide) groups is 1. The van der Waals surface area contributed by atoms with E-state index in [0.717, 1.165) is 60.5 Å². The molecule has 4 aromatic rings. The predicted octanol–water partition coefficient (Wildman–Crippen LogP) is 2.64. The summed E-state index contributed by atoms with van der Waals surface area (Å²) in [4.78, 5) is 267. The Hall–Kier alpha value is -12.9. The van der Waals surface area contributed by atoms with Gasteiger partial charge in [-0.1, -0.05) is 133 Å². The van der Waals surface area contributed by atoms with E-state index in [9.17, 15) is 68.6 Å². The van der Waals surface area contributed by atoms with Crippen LogP contribution in [0.15, 0.2) is 97.1 Å². The number of phenolic OH excluding ortho intramolecular Hbond substituents is 2. The van der Waals surface area contributed by atoms with Gasteiger partial charge in [0.2, 0.25) is 82.7 Å². The molecule has 3 aliphatic heterocycles. The van der Waals surface area contributed by atoms with Gasteiger partial charge < -0.3 is 110 Å². The third kappa shape index (κ3) is 34.3. The maximum Gasteiger partial charge on any atom is 0.335 e. The molecule has 0 bridgehead atoms. The zero-order valence-corrected chi connectivity index (χ0v) is 80.6. The van der Waals surface area contributed by atoms with Crippen molar-refractivity contribution in [2.75, 3.05) is 58.3 Å². The summed E-state index contributed by atoms with van der Waals surface area (Å²) in [6.07, 6.45) is 3.50. The molecule has 20 N–H and O–H groups in total. The van der Waals surface area contributed by atoms with E-state index in [1.807, 2.05) is 0 Å². The number of hydrogen-bond donors (Lipinski definition) is 19. The van der Waals surface area contributed by atoms with Gasteiger partial charge >= 0.3 is 23.9 Å². The fourth-order valence-electron chi connectivity index (χ4n) is 18.4. The van der Waals surface area contributed by atoms with Crippen LogP contribution in [0.2, 0.25) is 0 Å². The Morgan fingerprint density at radius 2 is 0.907 bits per heavy atom. The van der Waals surface area contributed by atoms with Crippen molar-refractivity contribution in [2.45, 2.75) is 278 Å². The predicted molar refractivity (Wildman–Crippen MR) is 510 cm³/mol. The molecule has 3 heterocycles. The average Bonchev–Trinajstić information content (AvgIpc) is 0.785. The summed E-state index contributed by atoms with van der Waals surface area (Å²) in [5.74, 6) is -22.4. The molecule has 764 valence electrons. The first kappa shape index (κ1) is 111. The molecule has 42 heteroatoms. The average molecular weight is 1970 g/mol. The number of amides is 14. The molecule has 0 unspecified atom stereocenters. The molecule has 4 aromatic carbocycles. The third-order valence-corrected chi connectivity index (χ3v) is 27.8. The Kier molecular flexibility index (Phi) is 42.3. The summed E-state index contributed by atoms with van der Waals surface area (Å²) < 4.78 is 14.9. The molecule has 0 radical (unpaired) electrons. The number of halogens is 1. The van der Waals surface area contributed by atoms with Crippen molar-refractivity contribution in [1.29, 1.82) is 0 Å². The Morgan fingerprint density at radius 3 is 1.36 bits per heavy atom. The summed E-state index contributed by atoms with van der Waals surface area (Å²) >= 11 is 0.716. The van der Waals surface area contributed by atoms with E-state index < -0.39 is 259 Å². The molecular weight excluding hydrogens is 1840 g/mol. The molecule has 2 aliphatic carbocycles. The number of rotatable bonds is 29. The molecule has 1 spiro atoms. The topological polar surface area (TPSA) is 609 Å². The van der Waals surface area contributed by atoms with Crippen molar-refractivity contribution in [3.8, 4) is 11.5 Å². The smallest absolute Gasteiger partial charge is 0.335 e. The molecule has 2 saturated carbocycles. The van der Waals surface area contributed by atoms with Crippen LogP contribution in [0, 0.1) is 23.6 Å². The van der Waals surface area contributed by atoms with Crippen molar-refractivity contribution in [1.82, 2.24) is 78.5 Å². The summed E-state index contributed by atoms with van der Waals surface area (Å²) in [5, 5.41) is 94.7. The minimum atomic E-state index is -2.14. The Balaban J connectivity index is 1.19. The lowest BCUT2D eigenvalue weighted by atomic mass is 9.84. The van der Waals surface area contributed by atoms with E-state index in [1.165, 1.54) is 118 Å². The van der Waals surface area contributed by atoms with Gasteiger partial charge in [0.05, 0.1) is 17.9 Å². The molecule has 0 aromatic heterocycles. The van der Waals surface area contributed by atoms with Crippen LogP contribution in [0.1, 0.15) is 207 Å². The number of likely N-dealkylation sites (tertiary alicyclic amines) is 1. The SMILES string of the molecule is CCCC[C@H]1C(=O)NC(C)(C)C(=O)N[C@@H](CC2CCCCC2)C(=O)N[C@@H](Cc2ccc(F)cc2)C(=O)NC2(CCN(CC(=O)O)CC2)C(=O)N[C@@H](Cc2ccc(O)cc2)C(=O)N[C@@H](Cc2ccc(O)cc2)C(=O)N[C@@H](Cc2ccc(C(=O)O)cc2)C(=O)N[C@@H](CC2CCNCC2)C(=O)N[C@@H](CC2CCCCC2)C(=O)N[C@H](C(=O)N[C@H](CCC(=O)O)C(N)=O)CSCC(=O)N(C)[C@@H](CCC(=O)O)C(=O)N1C. The minimum absolute atomic E-state index is 0.0284. The van der Waals surface area contributed by atoms with E-state index >= 15 is 52.7 Å². The number of aromatic hydroxyl groups is 2. The van der Waals surface area contributed by atoms with Crippen LogP contribution in [-0.4, -0.2) is 288 Å². The lowest BCUT2D eigenvalue weighted by Gasteiger charge is -2.42. The quantitative estimate of drug-likeness (QED) is 0.0371.